The van der Waals surface area contributed by atoms with Gasteiger partial charge in [0, 0.05) is 5.92 Å². The molecular weight excluding hydrogens is 256 g/mol. The first-order chi connectivity index (χ1) is 8.64. The number of ether oxygens (including phenoxy) is 1. The van der Waals surface area contributed by atoms with Crippen LogP contribution in [0.15, 0.2) is 0 Å². The molecule has 0 aromatic rings. The summed E-state index contributed by atoms with van der Waals surface area (Å²) >= 11 is 0. The fraction of sp³-hybridized carbons (Fsp3) is 0.800. The lowest BCUT2D eigenvalue weighted by molar-refractivity contribution is -0.133. The third-order valence-electron chi connectivity index (χ3n) is 3.58. The molecule has 0 saturated heterocycles. The SMILES string of the molecule is CCCC[C@@H](C#CC(=O)OC)O[Si](C)(C)C(C)(C)C. The number of hydrogen-bond acceptors (Lipinski definition) is 3. The van der Waals surface area contributed by atoms with Gasteiger partial charge in [0.2, 0.25) is 0 Å². The van der Waals surface area contributed by atoms with Crippen LogP contribution in [0.25, 0.3) is 0 Å². The summed E-state index contributed by atoms with van der Waals surface area (Å²) in [4.78, 5) is 11.1. The average Bonchev–Trinajstić information content (AvgIpc) is 2.30. The summed E-state index contributed by atoms with van der Waals surface area (Å²) in [5.74, 6) is 4.92. The van der Waals surface area contributed by atoms with E-state index in [9.17, 15) is 4.79 Å². The molecule has 0 aliphatic rings. The van der Waals surface area contributed by atoms with Gasteiger partial charge in [-0.05, 0) is 24.6 Å². The summed E-state index contributed by atoms with van der Waals surface area (Å²) in [6, 6.07) is 0. The van der Waals surface area contributed by atoms with Gasteiger partial charge in [0.25, 0.3) is 0 Å². The van der Waals surface area contributed by atoms with Crippen molar-refractivity contribution in [2.75, 3.05) is 7.11 Å². The number of rotatable bonds is 5. The van der Waals surface area contributed by atoms with Crippen molar-refractivity contribution >= 4 is 14.3 Å². The van der Waals surface area contributed by atoms with Gasteiger partial charge >= 0.3 is 5.97 Å². The predicted molar refractivity (Wildman–Crippen MR) is 81.4 cm³/mol. The zero-order valence-corrected chi connectivity index (χ0v) is 14.4. The van der Waals surface area contributed by atoms with Crippen LogP contribution in [0.3, 0.4) is 0 Å². The zero-order valence-electron chi connectivity index (χ0n) is 13.4. The summed E-state index contributed by atoms with van der Waals surface area (Å²) in [6.07, 6.45) is 2.85. The summed E-state index contributed by atoms with van der Waals surface area (Å²) < 4.78 is 10.8. The molecule has 110 valence electrons. The Morgan fingerprint density at radius 3 is 2.32 bits per heavy atom. The molecule has 1 atom stereocenters. The Morgan fingerprint density at radius 2 is 1.89 bits per heavy atom. The molecule has 0 spiro atoms. The van der Waals surface area contributed by atoms with Crippen molar-refractivity contribution in [2.24, 2.45) is 0 Å². The van der Waals surface area contributed by atoms with Crippen LogP contribution in [-0.4, -0.2) is 27.5 Å². The predicted octanol–water partition coefficient (Wildman–Crippen LogP) is 3.74. The van der Waals surface area contributed by atoms with Gasteiger partial charge in [0.05, 0.1) is 7.11 Å². The van der Waals surface area contributed by atoms with Gasteiger partial charge in [0.15, 0.2) is 8.32 Å². The molecule has 0 saturated carbocycles. The van der Waals surface area contributed by atoms with Crippen LogP contribution in [0.4, 0.5) is 0 Å². The van der Waals surface area contributed by atoms with Gasteiger partial charge in [-0.1, -0.05) is 46.5 Å². The highest BCUT2D eigenvalue weighted by molar-refractivity contribution is 6.74. The smallest absolute Gasteiger partial charge is 0.384 e. The molecule has 0 rings (SSSR count). The first kappa shape index (κ1) is 18.2. The summed E-state index contributed by atoms with van der Waals surface area (Å²) in [5, 5.41) is 0.143. The first-order valence-corrected chi connectivity index (χ1v) is 9.82. The Morgan fingerprint density at radius 1 is 1.32 bits per heavy atom. The molecule has 0 aliphatic carbocycles. The molecule has 4 heteroatoms. The van der Waals surface area contributed by atoms with Crippen LogP contribution in [0.1, 0.15) is 47.0 Å². The van der Waals surface area contributed by atoms with Crippen LogP contribution in [0.5, 0.6) is 0 Å². The normalized spacial score (nSPS) is 13.4. The maximum absolute atomic E-state index is 11.1. The molecule has 0 aromatic carbocycles. The van der Waals surface area contributed by atoms with Gasteiger partial charge in [0.1, 0.15) is 6.10 Å². The lowest BCUT2D eigenvalue weighted by Crippen LogP contribution is -2.43. The second kappa shape index (κ2) is 7.71. The minimum Gasteiger partial charge on any atom is -0.459 e. The monoisotopic (exact) mass is 284 g/mol. The zero-order chi connectivity index (χ0) is 15.1. The lowest BCUT2D eigenvalue weighted by atomic mass is 10.2. The Labute approximate surface area is 119 Å². The molecule has 0 aliphatic heterocycles. The van der Waals surface area contributed by atoms with Crippen LogP contribution in [0, 0.1) is 11.8 Å². The number of carbonyl (C=O) groups is 1. The van der Waals surface area contributed by atoms with Crippen LogP contribution < -0.4 is 0 Å². The maximum atomic E-state index is 11.1. The summed E-state index contributed by atoms with van der Waals surface area (Å²) in [5.41, 5.74) is 0. The molecule has 0 N–H and O–H groups in total. The van der Waals surface area contributed by atoms with Gasteiger partial charge in [-0.3, -0.25) is 0 Å². The molecule has 0 aromatic heterocycles. The number of hydrogen-bond donors (Lipinski definition) is 0. The minimum atomic E-state index is -1.85. The highest BCUT2D eigenvalue weighted by Crippen LogP contribution is 2.37. The second-order valence-corrected chi connectivity index (χ2v) is 11.0. The van der Waals surface area contributed by atoms with Crippen LogP contribution >= 0.6 is 0 Å². The third-order valence-corrected chi connectivity index (χ3v) is 8.07. The molecule has 0 unspecified atom stereocenters. The van der Waals surface area contributed by atoms with Crippen molar-refractivity contribution in [3.8, 4) is 11.8 Å². The van der Waals surface area contributed by atoms with E-state index < -0.39 is 14.3 Å². The first-order valence-electron chi connectivity index (χ1n) is 6.91. The van der Waals surface area contributed by atoms with E-state index in [0.29, 0.717) is 0 Å². The Kier molecular flexibility index (Phi) is 7.39. The maximum Gasteiger partial charge on any atom is 0.384 e. The van der Waals surface area contributed by atoms with Crippen molar-refractivity contribution in [1.29, 1.82) is 0 Å². The highest BCUT2D eigenvalue weighted by Gasteiger charge is 2.38. The van der Waals surface area contributed by atoms with E-state index in [2.05, 4.69) is 57.4 Å². The third kappa shape index (κ3) is 6.79. The summed E-state index contributed by atoms with van der Waals surface area (Å²) in [7, 11) is -0.515. The fourth-order valence-corrected chi connectivity index (χ4v) is 2.51. The Hall–Kier alpha value is -0.793. The standard InChI is InChI=1S/C15H28O3Si/c1-8-9-10-13(11-12-14(16)17-5)18-19(6,7)15(2,3)4/h13H,8-10H2,1-7H3/t13-/m0/s1. The lowest BCUT2D eigenvalue weighted by Gasteiger charge is -2.38. The van der Waals surface area contributed by atoms with E-state index in [1.165, 1.54) is 7.11 Å². The van der Waals surface area contributed by atoms with E-state index in [-0.39, 0.29) is 11.1 Å². The van der Waals surface area contributed by atoms with Crippen molar-refractivity contribution in [3.05, 3.63) is 0 Å². The molecule has 0 bridgehead atoms. The van der Waals surface area contributed by atoms with E-state index >= 15 is 0 Å². The molecule has 3 nitrogen and oxygen atoms in total. The fourth-order valence-electron chi connectivity index (χ4n) is 1.27. The molecular formula is C15H28O3Si. The van der Waals surface area contributed by atoms with Crippen molar-refractivity contribution in [2.45, 2.75) is 71.2 Å². The Bertz CT molecular complexity index is 345. The minimum absolute atomic E-state index is 0.143. The van der Waals surface area contributed by atoms with E-state index in [4.69, 9.17) is 4.43 Å². The van der Waals surface area contributed by atoms with E-state index in [0.717, 1.165) is 19.3 Å². The Balaban J connectivity index is 4.85. The number of methoxy groups -OCH3 is 1. The average molecular weight is 284 g/mol. The van der Waals surface area contributed by atoms with Crippen molar-refractivity contribution in [3.63, 3.8) is 0 Å². The number of carbonyl (C=O) groups excluding carboxylic acids is 1. The quantitative estimate of drug-likeness (QED) is 0.334. The van der Waals surface area contributed by atoms with Gasteiger partial charge in [-0.25, -0.2) is 4.79 Å². The molecule has 19 heavy (non-hydrogen) atoms. The molecule has 0 heterocycles. The van der Waals surface area contributed by atoms with Crippen LogP contribution in [0.2, 0.25) is 18.1 Å². The van der Waals surface area contributed by atoms with Crippen LogP contribution in [-0.2, 0) is 14.0 Å². The molecule has 0 radical (unpaired) electrons. The van der Waals surface area contributed by atoms with Gasteiger partial charge < -0.3 is 9.16 Å². The second-order valence-electron chi connectivity index (χ2n) is 6.27. The molecule has 0 fully saturated rings. The topological polar surface area (TPSA) is 35.5 Å². The molecule has 0 amide bonds. The van der Waals surface area contributed by atoms with Gasteiger partial charge in [-0.2, -0.15) is 0 Å². The van der Waals surface area contributed by atoms with E-state index in [1.807, 2.05) is 0 Å². The number of unbranched alkanes of at least 4 members (excludes halogenated alkanes) is 1. The summed E-state index contributed by atoms with van der Waals surface area (Å²) in [6.45, 7) is 13.1. The van der Waals surface area contributed by atoms with E-state index in [1.54, 1.807) is 0 Å². The van der Waals surface area contributed by atoms with Crippen molar-refractivity contribution < 1.29 is 14.0 Å². The van der Waals surface area contributed by atoms with Crippen molar-refractivity contribution in [1.82, 2.24) is 0 Å². The largest absolute Gasteiger partial charge is 0.459 e. The van der Waals surface area contributed by atoms with Gasteiger partial charge in [-0.15, -0.1) is 0 Å². The highest BCUT2D eigenvalue weighted by atomic mass is 28.4. The number of esters is 1.